The lowest BCUT2D eigenvalue weighted by Crippen LogP contribution is -2.06. The van der Waals surface area contributed by atoms with Crippen molar-refractivity contribution in [2.24, 2.45) is 0 Å². The van der Waals surface area contributed by atoms with E-state index in [4.69, 9.17) is 14.7 Å². The van der Waals surface area contributed by atoms with Crippen molar-refractivity contribution in [2.45, 2.75) is 13.3 Å². The summed E-state index contributed by atoms with van der Waals surface area (Å²) in [5.74, 6) is 1.68. The topological polar surface area (TPSA) is 80.1 Å². The summed E-state index contributed by atoms with van der Waals surface area (Å²) in [6.45, 7) is 2.82. The highest BCUT2D eigenvalue weighted by atomic mass is 16.5. The number of anilines is 1. The van der Waals surface area contributed by atoms with Gasteiger partial charge in [0.1, 0.15) is 18.1 Å². The molecule has 0 radical (unpaired) electrons. The minimum Gasteiger partial charge on any atom is -0.489 e. The molecule has 0 unspecified atom stereocenters. The number of hydrogen-bond acceptors (Lipinski definition) is 6. The van der Waals surface area contributed by atoms with E-state index in [0.29, 0.717) is 22.9 Å². The fourth-order valence-corrected chi connectivity index (χ4v) is 1.74. The van der Waals surface area contributed by atoms with Crippen molar-refractivity contribution < 1.29 is 9.47 Å². The molecule has 21 heavy (non-hydrogen) atoms. The Balaban J connectivity index is 2.33. The molecule has 6 nitrogen and oxygen atoms in total. The first-order valence-electron chi connectivity index (χ1n) is 6.60. The van der Waals surface area contributed by atoms with Gasteiger partial charge in [0.15, 0.2) is 5.82 Å². The van der Waals surface area contributed by atoms with Crippen molar-refractivity contribution in [2.75, 3.05) is 19.0 Å². The number of nitrogens with zero attached hydrogens (tertiary/aromatic N) is 3. The first kappa shape index (κ1) is 14.6. The van der Waals surface area contributed by atoms with E-state index < -0.39 is 0 Å². The van der Waals surface area contributed by atoms with E-state index in [2.05, 4.69) is 28.3 Å². The Morgan fingerprint density at radius 3 is 2.81 bits per heavy atom. The second kappa shape index (κ2) is 7.10. The average Bonchev–Trinajstić information content (AvgIpc) is 2.53. The Bertz CT molecular complexity index is 652. The third kappa shape index (κ3) is 3.39. The van der Waals surface area contributed by atoms with Gasteiger partial charge in [0.25, 0.3) is 5.88 Å². The van der Waals surface area contributed by atoms with Gasteiger partial charge in [-0.2, -0.15) is 10.2 Å². The molecule has 0 spiro atoms. The zero-order valence-corrected chi connectivity index (χ0v) is 12.0. The molecular formula is C15H16N4O2. The standard InChI is InChI=1S/C15H16N4O2/c1-3-8-17-14-13(20-2)15(19-10-18-14)21-12-7-5-4-6-11(12)9-16/h4-7,10H,3,8H2,1-2H3,(H,17,18,19). The second-order valence-corrected chi connectivity index (χ2v) is 4.20. The molecule has 1 heterocycles. The third-order valence-electron chi connectivity index (χ3n) is 2.73. The first-order valence-corrected chi connectivity index (χ1v) is 6.60. The number of rotatable bonds is 6. The minimum atomic E-state index is 0.272. The zero-order chi connectivity index (χ0) is 15.1. The SMILES string of the molecule is CCCNc1ncnc(Oc2ccccc2C#N)c1OC. The molecule has 1 aromatic heterocycles. The van der Waals surface area contributed by atoms with Gasteiger partial charge in [0, 0.05) is 6.54 Å². The molecule has 1 aromatic carbocycles. The molecule has 0 amide bonds. The van der Waals surface area contributed by atoms with E-state index in [-0.39, 0.29) is 5.88 Å². The van der Waals surface area contributed by atoms with Crippen LogP contribution in [0.3, 0.4) is 0 Å². The summed E-state index contributed by atoms with van der Waals surface area (Å²) >= 11 is 0. The molecule has 0 fully saturated rings. The molecule has 0 saturated heterocycles. The molecule has 0 aliphatic heterocycles. The van der Waals surface area contributed by atoms with E-state index in [9.17, 15) is 0 Å². The van der Waals surface area contributed by atoms with E-state index in [0.717, 1.165) is 13.0 Å². The lowest BCUT2D eigenvalue weighted by molar-refractivity contribution is 0.368. The van der Waals surface area contributed by atoms with E-state index >= 15 is 0 Å². The van der Waals surface area contributed by atoms with Gasteiger partial charge in [0.2, 0.25) is 5.75 Å². The third-order valence-corrected chi connectivity index (χ3v) is 2.73. The molecule has 2 rings (SSSR count). The van der Waals surface area contributed by atoms with Crippen molar-refractivity contribution in [3.05, 3.63) is 36.2 Å². The molecule has 2 aromatic rings. The maximum Gasteiger partial charge on any atom is 0.268 e. The number of methoxy groups -OCH3 is 1. The van der Waals surface area contributed by atoms with E-state index in [1.165, 1.54) is 13.4 Å². The van der Waals surface area contributed by atoms with Gasteiger partial charge >= 0.3 is 0 Å². The Morgan fingerprint density at radius 1 is 1.29 bits per heavy atom. The van der Waals surface area contributed by atoms with Crippen LogP contribution in [0.1, 0.15) is 18.9 Å². The maximum absolute atomic E-state index is 9.09. The Labute approximate surface area is 123 Å². The van der Waals surface area contributed by atoms with Gasteiger partial charge in [0.05, 0.1) is 12.7 Å². The number of ether oxygens (including phenoxy) is 2. The summed E-state index contributed by atoms with van der Waals surface area (Å²) < 4.78 is 11.0. The zero-order valence-electron chi connectivity index (χ0n) is 12.0. The average molecular weight is 284 g/mol. The smallest absolute Gasteiger partial charge is 0.268 e. The summed E-state index contributed by atoms with van der Waals surface area (Å²) in [7, 11) is 1.53. The highest BCUT2D eigenvalue weighted by Gasteiger charge is 2.15. The van der Waals surface area contributed by atoms with Gasteiger partial charge in [-0.15, -0.1) is 0 Å². The van der Waals surface area contributed by atoms with Crippen LogP contribution in [-0.2, 0) is 0 Å². The van der Waals surface area contributed by atoms with Gasteiger partial charge in [-0.1, -0.05) is 19.1 Å². The second-order valence-electron chi connectivity index (χ2n) is 4.20. The van der Waals surface area contributed by atoms with Crippen LogP contribution in [0.4, 0.5) is 5.82 Å². The summed E-state index contributed by atoms with van der Waals surface area (Å²) in [6, 6.07) is 9.03. The van der Waals surface area contributed by atoms with Crippen molar-refractivity contribution in [3.8, 4) is 23.4 Å². The van der Waals surface area contributed by atoms with Crippen molar-refractivity contribution in [1.82, 2.24) is 9.97 Å². The van der Waals surface area contributed by atoms with E-state index in [1.807, 2.05) is 0 Å². The molecule has 0 saturated carbocycles. The summed E-state index contributed by atoms with van der Waals surface area (Å²) in [5, 5.41) is 12.2. The maximum atomic E-state index is 9.09. The number of hydrogen-bond donors (Lipinski definition) is 1. The Kier molecular flexibility index (Phi) is 4.94. The monoisotopic (exact) mass is 284 g/mol. The summed E-state index contributed by atoms with van der Waals surface area (Å²) in [4.78, 5) is 8.22. The predicted octanol–water partition coefficient (Wildman–Crippen LogP) is 2.97. The molecule has 0 aliphatic carbocycles. The van der Waals surface area contributed by atoms with Gasteiger partial charge in [-0.3, -0.25) is 0 Å². The molecular weight excluding hydrogens is 268 g/mol. The predicted molar refractivity (Wildman–Crippen MR) is 78.6 cm³/mol. The van der Waals surface area contributed by atoms with Crippen LogP contribution in [0.2, 0.25) is 0 Å². The highest BCUT2D eigenvalue weighted by molar-refractivity contribution is 5.56. The van der Waals surface area contributed by atoms with Gasteiger partial charge in [-0.25, -0.2) is 4.98 Å². The molecule has 0 atom stereocenters. The van der Waals surface area contributed by atoms with Gasteiger partial charge in [-0.05, 0) is 18.6 Å². The molecule has 0 bridgehead atoms. The fraction of sp³-hybridized carbons (Fsp3) is 0.267. The molecule has 108 valence electrons. The Morgan fingerprint density at radius 2 is 2.10 bits per heavy atom. The van der Waals surface area contributed by atoms with Crippen molar-refractivity contribution in [1.29, 1.82) is 5.26 Å². The lowest BCUT2D eigenvalue weighted by Gasteiger charge is -2.13. The van der Waals surface area contributed by atoms with Crippen LogP contribution in [0.25, 0.3) is 0 Å². The fourth-order valence-electron chi connectivity index (χ4n) is 1.74. The molecule has 1 N–H and O–H groups in total. The van der Waals surface area contributed by atoms with Crippen LogP contribution < -0.4 is 14.8 Å². The Hall–Kier alpha value is -2.81. The number of nitriles is 1. The quantitative estimate of drug-likeness (QED) is 0.878. The molecule has 0 aliphatic rings. The first-order chi connectivity index (χ1) is 10.3. The minimum absolute atomic E-state index is 0.272. The number of nitrogens with one attached hydrogen (secondary N) is 1. The highest BCUT2D eigenvalue weighted by Crippen LogP contribution is 2.35. The number of aromatic nitrogens is 2. The van der Waals surface area contributed by atoms with Crippen LogP contribution in [0, 0.1) is 11.3 Å². The van der Waals surface area contributed by atoms with Gasteiger partial charge < -0.3 is 14.8 Å². The van der Waals surface area contributed by atoms with Crippen LogP contribution in [0.5, 0.6) is 17.4 Å². The van der Waals surface area contributed by atoms with Crippen LogP contribution in [-0.4, -0.2) is 23.6 Å². The normalized spacial score (nSPS) is 9.76. The van der Waals surface area contributed by atoms with Crippen molar-refractivity contribution in [3.63, 3.8) is 0 Å². The van der Waals surface area contributed by atoms with Crippen LogP contribution in [0.15, 0.2) is 30.6 Å². The number of benzene rings is 1. The van der Waals surface area contributed by atoms with Crippen LogP contribution >= 0.6 is 0 Å². The number of para-hydroxylation sites is 1. The summed E-state index contributed by atoms with van der Waals surface area (Å²) in [6.07, 6.45) is 2.35. The van der Waals surface area contributed by atoms with Crippen molar-refractivity contribution >= 4 is 5.82 Å². The van der Waals surface area contributed by atoms with E-state index in [1.54, 1.807) is 24.3 Å². The largest absolute Gasteiger partial charge is 0.489 e. The molecule has 6 heteroatoms. The lowest BCUT2D eigenvalue weighted by atomic mass is 10.2. The summed E-state index contributed by atoms with van der Waals surface area (Å²) in [5.41, 5.74) is 0.432.